The van der Waals surface area contributed by atoms with Crippen LogP contribution in [-0.4, -0.2) is 17.4 Å². The molecule has 0 bridgehead atoms. The topological polar surface area (TPSA) is 32.6 Å². The molecule has 0 amide bonds. The number of benzene rings is 1. The van der Waals surface area contributed by atoms with Crippen LogP contribution in [0.5, 0.6) is 5.75 Å². The van der Waals surface area contributed by atoms with E-state index in [0.717, 1.165) is 17.0 Å². The average molecular weight is 299 g/mol. The Hall–Kier alpha value is -1.31. The van der Waals surface area contributed by atoms with Gasteiger partial charge in [0.15, 0.2) is 0 Å². The first-order valence-corrected chi connectivity index (χ1v) is 9.09. The second-order valence-corrected chi connectivity index (χ2v) is 7.31. The van der Waals surface area contributed by atoms with Gasteiger partial charge in [0.25, 0.3) is 0 Å². The standard InChI is InChI=1S/C20H29NO/c1-15-10-12-18(13-11-15)21-14-17-8-5-9-19(20(17)22)16-6-3-2-4-7-16/h5,8-9,14-16,18,22H,2-4,6-7,10-13H2,1H3. The van der Waals surface area contributed by atoms with E-state index in [1.807, 2.05) is 12.3 Å². The van der Waals surface area contributed by atoms with Crippen molar-refractivity contribution in [2.45, 2.75) is 76.7 Å². The van der Waals surface area contributed by atoms with Crippen molar-refractivity contribution in [2.24, 2.45) is 10.9 Å². The summed E-state index contributed by atoms with van der Waals surface area (Å²) >= 11 is 0. The van der Waals surface area contributed by atoms with E-state index in [1.165, 1.54) is 57.8 Å². The van der Waals surface area contributed by atoms with E-state index in [4.69, 9.17) is 4.99 Å². The van der Waals surface area contributed by atoms with Crippen LogP contribution < -0.4 is 0 Å². The molecule has 0 atom stereocenters. The van der Waals surface area contributed by atoms with Gasteiger partial charge in [0.2, 0.25) is 0 Å². The second-order valence-electron chi connectivity index (χ2n) is 7.31. The van der Waals surface area contributed by atoms with E-state index < -0.39 is 0 Å². The maximum absolute atomic E-state index is 10.6. The normalized spacial score (nSPS) is 27.3. The van der Waals surface area contributed by atoms with Crippen molar-refractivity contribution >= 4 is 6.21 Å². The van der Waals surface area contributed by atoms with Gasteiger partial charge >= 0.3 is 0 Å². The van der Waals surface area contributed by atoms with E-state index in [2.05, 4.69) is 19.1 Å². The number of hydrogen-bond donors (Lipinski definition) is 1. The first kappa shape index (κ1) is 15.6. The number of para-hydroxylation sites is 1. The maximum atomic E-state index is 10.6. The van der Waals surface area contributed by atoms with Crippen molar-refractivity contribution in [3.8, 4) is 5.75 Å². The lowest BCUT2D eigenvalue weighted by Crippen LogP contribution is -2.15. The molecule has 1 aromatic carbocycles. The van der Waals surface area contributed by atoms with Crippen molar-refractivity contribution < 1.29 is 5.11 Å². The fraction of sp³-hybridized carbons (Fsp3) is 0.650. The van der Waals surface area contributed by atoms with Crippen LogP contribution in [0.1, 0.15) is 81.8 Å². The van der Waals surface area contributed by atoms with Crippen molar-refractivity contribution in [1.29, 1.82) is 0 Å². The number of aliphatic imine (C=N–C) groups is 1. The fourth-order valence-electron chi connectivity index (χ4n) is 4.00. The Morgan fingerprint density at radius 3 is 2.45 bits per heavy atom. The SMILES string of the molecule is CC1CCC(N=Cc2cccc(C3CCCCC3)c2O)CC1. The van der Waals surface area contributed by atoms with Gasteiger partial charge in [-0.05, 0) is 62.0 Å². The molecular formula is C20H29NO. The van der Waals surface area contributed by atoms with Crippen molar-refractivity contribution in [3.05, 3.63) is 29.3 Å². The summed E-state index contributed by atoms with van der Waals surface area (Å²) in [5.74, 6) is 1.87. The molecule has 0 aliphatic heterocycles. The highest BCUT2D eigenvalue weighted by Crippen LogP contribution is 2.38. The molecule has 0 unspecified atom stereocenters. The summed E-state index contributed by atoms with van der Waals surface area (Å²) in [7, 11) is 0. The lowest BCUT2D eigenvalue weighted by Gasteiger charge is -2.24. The number of phenolic OH excluding ortho intramolecular Hbond substituents is 1. The predicted molar refractivity (Wildman–Crippen MR) is 92.9 cm³/mol. The largest absolute Gasteiger partial charge is 0.507 e. The summed E-state index contributed by atoms with van der Waals surface area (Å²) in [4.78, 5) is 4.75. The molecule has 0 heterocycles. The minimum Gasteiger partial charge on any atom is -0.507 e. The highest BCUT2D eigenvalue weighted by Gasteiger charge is 2.20. The molecule has 120 valence electrons. The van der Waals surface area contributed by atoms with Crippen molar-refractivity contribution in [1.82, 2.24) is 0 Å². The molecule has 22 heavy (non-hydrogen) atoms. The van der Waals surface area contributed by atoms with Gasteiger partial charge in [-0.15, -0.1) is 0 Å². The zero-order valence-corrected chi connectivity index (χ0v) is 13.8. The van der Waals surface area contributed by atoms with Gasteiger partial charge in [-0.25, -0.2) is 0 Å². The minimum absolute atomic E-state index is 0.453. The summed E-state index contributed by atoms with van der Waals surface area (Å²) in [6.45, 7) is 2.33. The third kappa shape index (κ3) is 3.71. The van der Waals surface area contributed by atoms with Gasteiger partial charge < -0.3 is 5.11 Å². The Labute approximate surface area is 134 Å². The third-order valence-corrected chi connectivity index (χ3v) is 5.55. The van der Waals surface area contributed by atoms with Crippen LogP contribution >= 0.6 is 0 Å². The average Bonchev–Trinajstić information content (AvgIpc) is 2.56. The van der Waals surface area contributed by atoms with Crippen LogP contribution in [0, 0.1) is 5.92 Å². The molecular weight excluding hydrogens is 270 g/mol. The van der Waals surface area contributed by atoms with E-state index in [0.29, 0.717) is 17.7 Å². The van der Waals surface area contributed by atoms with Crippen LogP contribution in [0.25, 0.3) is 0 Å². The number of hydrogen-bond acceptors (Lipinski definition) is 2. The second kappa shape index (κ2) is 7.30. The minimum atomic E-state index is 0.453. The highest BCUT2D eigenvalue weighted by atomic mass is 16.3. The molecule has 1 N–H and O–H groups in total. The van der Waals surface area contributed by atoms with Crippen molar-refractivity contribution in [2.75, 3.05) is 0 Å². The molecule has 1 aromatic rings. The first-order chi connectivity index (χ1) is 10.7. The molecule has 0 spiro atoms. The quantitative estimate of drug-likeness (QED) is 0.741. The molecule has 2 heteroatoms. The molecule has 2 fully saturated rings. The van der Waals surface area contributed by atoms with E-state index >= 15 is 0 Å². The lowest BCUT2D eigenvalue weighted by molar-refractivity contribution is 0.350. The van der Waals surface area contributed by atoms with Gasteiger partial charge in [-0.3, -0.25) is 4.99 Å². The molecule has 2 saturated carbocycles. The number of phenols is 1. The molecule has 2 nitrogen and oxygen atoms in total. The summed E-state index contributed by atoms with van der Waals surface area (Å²) in [5, 5.41) is 10.6. The van der Waals surface area contributed by atoms with Crippen LogP contribution in [0.4, 0.5) is 0 Å². The summed E-state index contributed by atoms with van der Waals surface area (Å²) in [6.07, 6.45) is 13.3. The van der Waals surface area contributed by atoms with E-state index in [-0.39, 0.29) is 0 Å². The van der Waals surface area contributed by atoms with Crippen LogP contribution in [-0.2, 0) is 0 Å². The summed E-state index contributed by atoms with van der Waals surface area (Å²) < 4.78 is 0. The van der Waals surface area contributed by atoms with Gasteiger partial charge in [0.1, 0.15) is 5.75 Å². The van der Waals surface area contributed by atoms with Gasteiger partial charge in [-0.2, -0.15) is 0 Å². The smallest absolute Gasteiger partial charge is 0.127 e. The molecule has 2 aliphatic carbocycles. The molecule has 2 aliphatic rings. The number of rotatable bonds is 3. The number of nitrogens with zero attached hydrogens (tertiary/aromatic N) is 1. The summed E-state index contributed by atoms with van der Waals surface area (Å²) in [6, 6.07) is 6.63. The van der Waals surface area contributed by atoms with Gasteiger partial charge in [0.05, 0.1) is 0 Å². The van der Waals surface area contributed by atoms with E-state index in [1.54, 1.807) is 0 Å². The molecule has 3 rings (SSSR count). The fourth-order valence-corrected chi connectivity index (χ4v) is 4.00. The molecule has 0 saturated heterocycles. The third-order valence-electron chi connectivity index (χ3n) is 5.55. The monoisotopic (exact) mass is 299 g/mol. The van der Waals surface area contributed by atoms with Gasteiger partial charge in [0, 0.05) is 17.8 Å². The Bertz CT molecular complexity index is 508. The highest BCUT2D eigenvalue weighted by molar-refractivity contribution is 5.84. The zero-order valence-electron chi connectivity index (χ0n) is 13.8. The van der Waals surface area contributed by atoms with Crippen LogP contribution in [0.3, 0.4) is 0 Å². The van der Waals surface area contributed by atoms with E-state index in [9.17, 15) is 5.11 Å². The summed E-state index contributed by atoms with van der Waals surface area (Å²) in [5.41, 5.74) is 2.04. The Balaban J connectivity index is 1.71. The van der Waals surface area contributed by atoms with Crippen molar-refractivity contribution in [3.63, 3.8) is 0 Å². The molecule has 0 radical (unpaired) electrons. The Kier molecular flexibility index (Phi) is 5.17. The lowest BCUT2D eigenvalue weighted by atomic mass is 9.83. The number of aromatic hydroxyl groups is 1. The first-order valence-electron chi connectivity index (χ1n) is 9.09. The Morgan fingerprint density at radius 1 is 1.00 bits per heavy atom. The molecule has 0 aromatic heterocycles. The van der Waals surface area contributed by atoms with Gasteiger partial charge in [-0.1, -0.05) is 38.3 Å². The van der Waals surface area contributed by atoms with Crippen LogP contribution in [0.15, 0.2) is 23.2 Å². The maximum Gasteiger partial charge on any atom is 0.127 e. The zero-order chi connectivity index (χ0) is 15.4. The Morgan fingerprint density at radius 2 is 1.73 bits per heavy atom. The van der Waals surface area contributed by atoms with Crippen LogP contribution in [0.2, 0.25) is 0 Å². The predicted octanol–water partition coefficient (Wildman–Crippen LogP) is 5.44.